The molecule has 8 heteroatoms. The Kier molecular flexibility index (Phi) is 3.99. The van der Waals surface area contributed by atoms with E-state index in [9.17, 15) is 19.2 Å². The molecule has 3 fully saturated rings. The number of hydrogen-bond donors (Lipinski definition) is 2. The van der Waals surface area contributed by atoms with Crippen molar-refractivity contribution in [1.29, 1.82) is 0 Å². The van der Waals surface area contributed by atoms with E-state index in [2.05, 4.69) is 5.32 Å². The monoisotopic (exact) mass is 323 g/mol. The molecule has 8 nitrogen and oxygen atoms in total. The van der Waals surface area contributed by atoms with E-state index in [1.807, 2.05) is 0 Å². The number of nitrogens with zero attached hydrogens (tertiary/aromatic N) is 2. The number of rotatable bonds is 4. The van der Waals surface area contributed by atoms with Gasteiger partial charge < -0.3 is 15.3 Å². The molecule has 126 valence electrons. The van der Waals surface area contributed by atoms with Crippen LogP contribution in [0.1, 0.15) is 44.9 Å². The topological polar surface area (TPSA) is 107 Å². The fourth-order valence-corrected chi connectivity index (χ4v) is 3.87. The molecule has 23 heavy (non-hydrogen) atoms. The summed E-state index contributed by atoms with van der Waals surface area (Å²) in [4.78, 5) is 50.3. The number of imide groups is 1. The summed E-state index contributed by atoms with van der Waals surface area (Å²) in [7, 11) is 0. The maximum Gasteiger partial charge on any atom is 0.326 e. The molecule has 0 aromatic carbocycles. The lowest BCUT2D eigenvalue weighted by Crippen LogP contribution is -2.44. The Bertz CT molecular complexity index is 555. The molecule has 2 heterocycles. The van der Waals surface area contributed by atoms with Gasteiger partial charge in [0.05, 0.1) is 0 Å². The summed E-state index contributed by atoms with van der Waals surface area (Å²) in [5, 5.41) is 11.9. The Labute approximate surface area is 133 Å². The normalized spacial score (nSPS) is 26.2. The number of likely N-dealkylation sites (tertiary alicyclic amines) is 1. The maximum atomic E-state index is 12.5. The summed E-state index contributed by atoms with van der Waals surface area (Å²) in [6.07, 6.45) is 4.20. The van der Waals surface area contributed by atoms with Crippen LogP contribution in [0.15, 0.2) is 0 Å². The second-order valence-corrected chi connectivity index (χ2v) is 6.51. The molecule has 1 atom stereocenters. The quantitative estimate of drug-likeness (QED) is 0.724. The van der Waals surface area contributed by atoms with Gasteiger partial charge in [0.2, 0.25) is 5.91 Å². The van der Waals surface area contributed by atoms with E-state index in [0.717, 1.165) is 17.7 Å². The highest BCUT2D eigenvalue weighted by Crippen LogP contribution is 2.35. The summed E-state index contributed by atoms with van der Waals surface area (Å²) in [6.45, 7) is 0.425. The zero-order valence-electron chi connectivity index (χ0n) is 12.9. The van der Waals surface area contributed by atoms with E-state index in [4.69, 9.17) is 5.11 Å². The average Bonchev–Trinajstić information content (AvgIpc) is 3.20. The van der Waals surface area contributed by atoms with Gasteiger partial charge in [-0.25, -0.2) is 9.59 Å². The Morgan fingerprint density at radius 1 is 1.22 bits per heavy atom. The van der Waals surface area contributed by atoms with Crippen LogP contribution < -0.4 is 5.32 Å². The molecule has 1 spiro atoms. The van der Waals surface area contributed by atoms with Crippen molar-refractivity contribution in [1.82, 2.24) is 15.1 Å². The van der Waals surface area contributed by atoms with Crippen LogP contribution in [0.4, 0.5) is 4.79 Å². The van der Waals surface area contributed by atoms with Crippen LogP contribution in [-0.4, -0.2) is 63.4 Å². The third kappa shape index (κ3) is 2.66. The standard InChI is InChI=1S/C15H21N3O5/c19-11(17-8-3-4-10(17)12(20)21)5-9-18-13(22)15(16-14(18)23)6-1-2-7-15/h10H,1-9H2,(H,16,23)(H,20,21)/t10-/m0/s1. The zero-order chi connectivity index (χ0) is 16.6. The predicted octanol–water partition coefficient (Wildman–Crippen LogP) is 0.317. The number of hydrogen-bond acceptors (Lipinski definition) is 4. The van der Waals surface area contributed by atoms with Crippen LogP contribution in [0.25, 0.3) is 0 Å². The molecule has 2 N–H and O–H groups in total. The van der Waals surface area contributed by atoms with E-state index >= 15 is 0 Å². The van der Waals surface area contributed by atoms with Gasteiger partial charge >= 0.3 is 12.0 Å². The van der Waals surface area contributed by atoms with Gasteiger partial charge in [0.25, 0.3) is 5.91 Å². The van der Waals surface area contributed by atoms with Gasteiger partial charge in [0, 0.05) is 19.5 Å². The number of carbonyl (C=O) groups excluding carboxylic acids is 3. The third-order valence-electron chi connectivity index (χ3n) is 5.11. The summed E-state index contributed by atoms with van der Waals surface area (Å²) in [6, 6.07) is -1.23. The van der Waals surface area contributed by atoms with Gasteiger partial charge in [-0.15, -0.1) is 0 Å². The van der Waals surface area contributed by atoms with Crippen molar-refractivity contribution in [2.75, 3.05) is 13.1 Å². The lowest BCUT2D eigenvalue weighted by molar-refractivity contribution is -0.148. The van der Waals surface area contributed by atoms with Crippen molar-refractivity contribution in [2.24, 2.45) is 0 Å². The smallest absolute Gasteiger partial charge is 0.326 e. The minimum absolute atomic E-state index is 0.00802. The van der Waals surface area contributed by atoms with Crippen LogP contribution >= 0.6 is 0 Å². The predicted molar refractivity (Wildman–Crippen MR) is 78.4 cm³/mol. The number of urea groups is 1. The molecule has 0 radical (unpaired) electrons. The van der Waals surface area contributed by atoms with E-state index in [0.29, 0.717) is 32.2 Å². The van der Waals surface area contributed by atoms with Crippen LogP contribution in [0, 0.1) is 0 Å². The summed E-state index contributed by atoms with van der Waals surface area (Å²) in [5.41, 5.74) is -0.766. The Hall–Kier alpha value is -2.12. The van der Waals surface area contributed by atoms with Gasteiger partial charge in [0.15, 0.2) is 0 Å². The van der Waals surface area contributed by atoms with E-state index in [1.54, 1.807) is 0 Å². The highest BCUT2D eigenvalue weighted by molar-refractivity contribution is 6.07. The molecule has 0 aromatic rings. The van der Waals surface area contributed by atoms with Crippen LogP contribution in [0.5, 0.6) is 0 Å². The molecule has 2 saturated heterocycles. The second-order valence-electron chi connectivity index (χ2n) is 6.51. The van der Waals surface area contributed by atoms with Crippen LogP contribution in [-0.2, 0) is 14.4 Å². The minimum Gasteiger partial charge on any atom is -0.480 e. The zero-order valence-corrected chi connectivity index (χ0v) is 12.9. The van der Waals surface area contributed by atoms with Gasteiger partial charge in [-0.3, -0.25) is 14.5 Å². The third-order valence-corrected chi connectivity index (χ3v) is 5.11. The second kappa shape index (κ2) is 5.82. The van der Waals surface area contributed by atoms with E-state index in [-0.39, 0.29) is 24.8 Å². The molecular formula is C15H21N3O5. The highest BCUT2D eigenvalue weighted by Gasteiger charge is 2.52. The molecule has 0 unspecified atom stereocenters. The first-order valence-electron chi connectivity index (χ1n) is 8.11. The fraction of sp³-hybridized carbons (Fsp3) is 0.733. The number of carboxylic acid groups (broad SMARTS) is 1. The molecule has 3 aliphatic rings. The highest BCUT2D eigenvalue weighted by atomic mass is 16.4. The molecule has 0 bridgehead atoms. The fourth-order valence-electron chi connectivity index (χ4n) is 3.87. The summed E-state index contributed by atoms with van der Waals surface area (Å²) in [5.74, 6) is -1.57. The van der Waals surface area contributed by atoms with Gasteiger partial charge in [-0.05, 0) is 25.7 Å². The largest absolute Gasteiger partial charge is 0.480 e. The number of aliphatic carboxylic acids is 1. The van der Waals surface area contributed by atoms with Crippen molar-refractivity contribution in [3.8, 4) is 0 Å². The lowest BCUT2D eigenvalue weighted by Gasteiger charge is -2.23. The Morgan fingerprint density at radius 2 is 1.91 bits per heavy atom. The number of nitrogens with one attached hydrogen (secondary N) is 1. The van der Waals surface area contributed by atoms with E-state index < -0.39 is 23.6 Å². The van der Waals surface area contributed by atoms with Gasteiger partial charge in [-0.1, -0.05) is 12.8 Å². The lowest BCUT2D eigenvalue weighted by atomic mass is 9.98. The molecule has 4 amide bonds. The molecule has 2 aliphatic heterocycles. The summed E-state index contributed by atoms with van der Waals surface area (Å²) < 4.78 is 0. The number of carbonyl (C=O) groups is 4. The Balaban J connectivity index is 1.60. The molecular weight excluding hydrogens is 302 g/mol. The number of amides is 4. The molecule has 1 aliphatic carbocycles. The Morgan fingerprint density at radius 3 is 2.57 bits per heavy atom. The molecule has 0 aromatic heterocycles. The maximum absolute atomic E-state index is 12.5. The van der Waals surface area contributed by atoms with Crippen molar-refractivity contribution >= 4 is 23.8 Å². The SMILES string of the molecule is O=C(O)[C@@H]1CCCN1C(=O)CCN1C(=O)NC2(CCCC2)C1=O. The molecule has 3 rings (SSSR count). The molecule has 1 saturated carbocycles. The minimum atomic E-state index is -1.00. The van der Waals surface area contributed by atoms with Crippen molar-refractivity contribution in [2.45, 2.75) is 56.5 Å². The van der Waals surface area contributed by atoms with E-state index in [1.165, 1.54) is 4.90 Å². The first-order valence-corrected chi connectivity index (χ1v) is 8.11. The number of carboxylic acids is 1. The van der Waals surface area contributed by atoms with Crippen molar-refractivity contribution in [3.05, 3.63) is 0 Å². The van der Waals surface area contributed by atoms with Crippen molar-refractivity contribution in [3.63, 3.8) is 0 Å². The van der Waals surface area contributed by atoms with Crippen molar-refractivity contribution < 1.29 is 24.3 Å². The summed E-state index contributed by atoms with van der Waals surface area (Å²) >= 11 is 0. The van der Waals surface area contributed by atoms with Crippen LogP contribution in [0.2, 0.25) is 0 Å². The van der Waals surface area contributed by atoms with Gasteiger partial charge in [0.1, 0.15) is 11.6 Å². The average molecular weight is 323 g/mol. The van der Waals surface area contributed by atoms with Crippen LogP contribution in [0.3, 0.4) is 0 Å². The first-order chi connectivity index (χ1) is 10.9. The first kappa shape index (κ1) is 15.8. The van der Waals surface area contributed by atoms with Gasteiger partial charge in [-0.2, -0.15) is 0 Å².